The Balaban J connectivity index is 3.29. The Hall–Kier alpha value is -1.49. The van der Waals surface area contributed by atoms with Crippen molar-refractivity contribution in [3.63, 3.8) is 0 Å². The second-order valence-electron chi connectivity index (χ2n) is 3.73. The Kier molecular flexibility index (Phi) is 4.17. The molecule has 1 aromatic carbocycles. The topological polar surface area (TPSA) is 38.3 Å². The highest BCUT2D eigenvalue weighted by Gasteiger charge is 2.30. The molecule has 0 saturated heterocycles. The van der Waals surface area contributed by atoms with E-state index < -0.39 is 5.92 Å². The summed E-state index contributed by atoms with van der Waals surface area (Å²) >= 11 is 0. The lowest BCUT2D eigenvalue weighted by molar-refractivity contribution is 0.0150. The maximum atomic E-state index is 13.3. The van der Waals surface area contributed by atoms with Crippen LogP contribution in [0.25, 0.3) is 0 Å². The van der Waals surface area contributed by atoms with Crippen molar-refractivity contribution >= 4 is 5.78 Å². The number of Topliss-reactive ketones (excluding diaryl/α,β-unsaturated/α-hetero) is 1. The molecule has 1 aromatic rings. The normalized spacial score (nSPS) is 11.4. The standard InChI is InChI=1S/C12H15F2NO2/c1-12(13,14)9-6-4-5-8(11(9)17-3)10(16)7-15-2/h4-6,15H,7H2,1-3H3. The third-order valence-corrected chi connectivity index (χ3v) is 2.33. The van der Waals surface area contributed by atoms with Gasteiger partial charge in [-0.1, -0.05) is 6.07 Å². The van der Waals surface area contributed by atoms with Crippen LogP contribution in [0.1, 0.15) is 22.8 Å². The van der Waals surface area contributed by atoms with E-state index in [4.69, 9.17) is 4.74 Å². The van der Waals surface area contributed by atoms with Gasteiger partial charge in [-0.05, 0) is 19.2 Å². The first-order valence-corrected chi connectivity index (χ1v) is 5.15. The van der Waals surface area contributed by atoms with E-state index in [1.165, 1.54) is 25.3 Å². The number of para-hydroxylation sites is 1. The minimum absolute atomic E-state index is 0.0553. The van der Waals surface area contributed by atoms with Gasteiger partial charge in [0.1, 0.15) is 5.75 Å². The number of ketones is 1. The van der Waals surface area contributed by atoms with Crippen LogP contribution in [0.2, 0.25) is 0 Å². The Morgan fingerprint density at radius 1 is 1.47 bits per heavy atom. The van der Waals surface area contributed by atoms with Crippen molar-refractivity contribution in [3.8, 4) is 5.75 Å². The van der Waals surface area contributed by atoms with Crippen molar-refractivity contribution < 1.29 is 18.3 Å². The number of carbonyl (C=O) groups excluding carboxylic acids is 1. The second kappa shape index (κ2) is 5.23. The molecule has 5 heteroatoms. The largest absolute Gasteiger partial charge is 0.495 e. The van der Waals surface area contributed by atoms with Gasteiger partial charge in [0, 0.05) is 6.92 Å². The van der Waals surface area contributed by atoms with Crippen molar-refractivity contribution in [3.05, 3.63) is 29.3 Å². The number of halogens is 2. The van der Waals surface area contributed by atoms with E-state index in [0.29, 0.717) is 0 Å². The zero-order valence-corrected chi connectivity index (χ0v) is 10.0. The fourth-order valence-electron chi connectivity index (χ4n) is 1.58. The van der Waals surface area contributed by atoms with Crippen LogP contribution in [0.3, 0.4) is 0 Å². The highest BCUT2D eigenvalue weighted by Crippen LogP contribution is 2.36. The van der Waals surface area contributed by atoms with Gasteiger partial charge < -0.3 is 10.1 Å². The van der Waals surface area contributed by atoms with E-state index in [1.807, 2.05) is 0 Å². The van der Waals surface area contributed by atoms with Crippen LogP contribution in [-0.2, 0) is 5.92 Å². The van der Waals surface area contributed by atoms with Gasteiger partial charge in [0.15, 0.2) is 5.78 Å². The van der Waals surface area contributed by atoms with Gasteiger partial charge in [0.2, 0.25) is 0 Å². The third kappa shape index (κ3) is 3.00. The number of nitrogens with one attached hydrogen (secondary N) is 1. The molecule has 0 atom stereocenters. The Morgan fingerprint density at radius 3 is 2.59 bits per heavy atom. The van der Waals surface area contributed by atoms with Crippen molar-refractivity contribution in [2.75, 3.05) is 20.7 Å². The van der Waals surface area contributed by atoms with Crippen molar-refractivity contribution in [1.82, 2.24) is 5.32 Å². The lowest BCUT2D eigenvalue weighted by Gasteiger charge is -2.17. The molecule has 0 bridgehead atoms. The third-order valence-electron chi connectivity index (χ3n) is 2.33. The molecule has 0 amide bonds. The number of carbonyl (C=O) groups is 1. The van der Waals surface area contributed by atoms with Gasteiger partial charge in [-0.15, -0.1) is 0 Å². The molecule has 0 spiro atoms. The molecule has 0 unspecified atom stereocenters. The van der Waals surface area contributed by atoms with Gasteiger partial charge >= 0.3 is 0 Å². The summed E-state index contributed by atoms with van der Waals surface area (Å²) < 4.78 is 31.6. The van der Waals surface area contributed by atoms with Crippen LogP contribution in [-0.4, -0.2) is 26.5 Å². The van der Waals surface area contributed by atoms with Gasteiger partial charge in [-0.2, -0.15) is 0 Å². The lowest BCUT2D eigenvalue weighted by atomic mass is 10.0. The van der Waals surface area contributed by atoms with E-state index in [2.05, 4.69) is 5.32 Å². The molecule has 17 heavy (non-hydrogen) atoms. The number of likely N-dealkylation sites (N-methyl/N-ethyl adjacent to an activating group) is 1. The van der Waals surface area contributed by atoms with Crippen molar-refractivity contribution in [1.29, 1.82) is 0 Å². The van der Waals surface area contributed by atoms with Gasteiger partial charge in [-0.25, -0.2) is 8.78 Å². The van der Waals surface area contributed by atoms with Crippen LogP contribution >= 0.6 is 0 Å². The highest BCUT2D eigenvalue weighted by molar-refractivity contribution is 6.00. The molecule has 94 valence electrons. The lowest BCUT2D eigenvalue weighted by Crippen LogP contribution is -2.20. The van der Waals surface area contributed by atoms with E-state index in [1.54, 1.807) is 7.05 Å². The molecule has 1 rings (SSSR count). The SMILES string of the molecule is CNCC(=O)c1cccc(C(C)(F)F)c1OC. The zero-order chi connectivity index (χ0) is 13.1. The minimum Gasteiger partial charge on any atom is -0.495 e. The van der Waals surface area contributed by atoms with Crippen LogP contribution in [0.15, 0.2) is 18.2 Å². The Labute approximate surface area is 98.8 Å². The summed E-state index contributed by atoms with van der Waals surface area (Å²) in [4.78, 5) is 11.7. The predicted molar refractivity (Wildman–Crippen MR) is 60.8 cm³/mol. The molecule has 0 aliphatic carbocycles. The molecule has 0 fully saturated rings. The van der Waals surface area contributed by atoms with Gasteiger partial charge in [0.25, 0.3) is 5.92 Å². The predicted octanol–water partition coefficient (Wildman–Crippen LogP) is 2.21. The maximum Gasteiger partial charge on any atom is 0.274 e. The quantitative estimate of drug-likeness (QED) is 0.806. The molecule has 0 aliphatic rings. The number of rotatable bonds is 5. The molecule has 0 aliphatic heterocycles. The summed E-state index contributed by atoms with van der Waals surface area (Å²) in [5.74, 6) is -3.38. The monoisotopic (exact) mass is 243 g/mol. The number of hydrogen-bond donors (Lipinski definition) is 1. The average molecular weight is 243 g/mol. The second-order valence-corrected chi connectivity index (χ2v) is 3.73. The van der Waals surface area contributed by atoms with Crippen LogP contribution < -0.4 is 10.1 Å². The first kappa shape index (κ1) is 13.6. The Morgan fingerprint density at radius 2 is 2.12 bits per heavy atom. The number of ether oxygens (including phenoxy) is 1. The summed E-state index contributed by atoms with van der Waals surface area (Å²) in [7, 11) is 2.89. The summed E-state index contributed by atoms with van der Waals surface area (Å²) in [6.45, 7) is 0.853. The number of alkyl halides is 2. The average Bonchev–Trinajstić information content (AvgIpc) is 2.27. The minimum atomic E-state index is -3.04. The number of methoxy groups -OCH3 is 1. The van der Waals surface area contributed by atoms with E-state index in [9.17, 15) is 13.6 Å². The zero-order valence-electron chi connectivity index (χ0n) is 10.0. The van der Waals surface area contributed by atoms with E-state index in [0.717, 1.165) is 6.92 Å². The summed E-state index contributed by atoms with van der Waals surface area (Å²) in [5.41, 5.74) is -0.108. The summed E-state index contributed by atoms with van der Waals surface area (Å²) in [5, 5.41) is 2.68. The maximum absolute atomic E-state index is 13.3. The van der Waals surface area contributed by atoms with Crippen molar-refractivity contribution in [2.45, 2.75) is 12.8 Å². The fraction of sp³-hybridized carbons (Fsp3) is 0.417. The molecule has 1 N–H and O–H groups in total. The molecule has 0 saturated carbocycles. The molecular formula is C12H15F2NO2. The van der Waals surface area contributed by atoms with E-state index >= 15 is 0 Å². The number of benzene rings is 1. The molecule has 3 nitrogen and oxygen atoms in total. The fourth-order valence-corrected chi connectivity index (χ4v) is 1.58. The molecular weight excluding hydrogens is 228 g/mol. The highest BCUT2D eigenvalue weighted by atomic mass is 19.3. The Bertz CT molecular complexity index is 413. The van der Waals surface area contributed by atoms with Crippen LogP contribution in [0, 0.1) is 0 Å². The molecule has 0 heterocycles. The molecule has 0 radical (unpaired) electrons. The van der Waals surface area contributed by atoms with Gasteiger partial charge in [0.05, 0.1) is 24.8 Å². The van der Waals surface area contributed by atoms with Crippen LogP contribution in [0.5, 0.6) is 5.75 Å². The van der Waals surface area contributed by atoms with Gasteiger partial charge in [-0.3, -0.25) is 4.79 Å². The smallest absolute Gasteiger partial charge is 0.274 e. The van der Waals surface area contributed by atoms with E-state index in [-0.39, 0.29) is 29.2 Å². The summed E-state index contributed by atoms with van der Waals surface area (Å²) in [6.07, 6.45) is 0. The van der Waals surface area contributed by atoms with Crippen molar-refractivity contribution in [2.24, 2.45) is 0 Å². The van der Waals surface area contributed by atoms with Crippen LogP contribution in [0.4, 0.5) is 8.78 Å². The summed E-state index contributed by atoms with van der Waals surface area (Å²) in [6, 6.07) is 4.17. The molecule has 0 aromatic heterocycles. The first-order valence-electron chi connectivity index (χ1n) is 5.15. The first-order chi connectivity index (χ1) is 7.91. The number of hydrogen-bond acceptors (Lipinski definition) is 3.